The first-order valence-electron chi connectivity index (χ1n) is 8.95. The first-order valence-corrected chi connectivity index (χ1v) is 8.95. The molecule has 0 N–H and O–H groups in total. The highest BCUT2D eigenvalue weighted by atomic mass is 16.6. The number of nitrogens with zero attached hydrogens (tertiary/aromatic N) is 1. The fraction of sp³-hybridized carbons (Fsp3) is 0.364. The molecule has 0 unspecified atom stereocenters. The van der Waals surface area contributed by atoms with Gasteiger partial charge in [-0.3, -0.25) is 4.79 Å². The van der Waals surface area contributed by atoms with Crippen molar-refractivity contribution < 1.29 is 14.3 Å². The number of carbonyl (C=O) groups excluding carboxylic acids is 2. The SMILES string of the molecule is Cc1ccc(C(=O)OC(C)(C)C)cc1C(=O)N1CCc2ccccc2C1. The van der Waals surface area contributed by atoms with Gasteiger partial charge in [-0.2, -0.15) is 0 Å². The van der Waals surface area contributed by atoms with E-state index in [1.165, 1.54) is 11.1 Å². The predicted octanol–water partition coefficient (Wildman–Crippen LogP) is 4.15. The molecule has 0 saturated heterocycles. The third-order valence-electron chi connectivity index (χ3n) is 4.52. The number of ether oxygens (including phenoxy) is 1. The monoisotopic (exact) mass is 351 g/mol. The van der Waals surface area contributed by atoms with E-state index < -0.39 is 11.6 Å². The van der Waals surface area contributed by atoms with Crippen LogP contribution < -0.4 is 0 Å². The number of aryl methyl sites for hydroxylation is 1. The van der Waals surface area contributed by atoms with Crippen LogP contribution in [0.1, 0.15) is 58.2 Å². The molecule has 0 fully saturated rings. The second-order valence-electron chi connectivity index (χ2n) is 7.78. The van der Waals surface area contributed by atoms with Crippen molar-refractivity contribution in [2.24, 2.45) is 0 Å². The Hall–Kier alpha value is -2.62. The summed E-state index contributed by atoms with van der Waals surface area (Å²) in [4.78, 5) is 27.3. The number of benzene rings is 2. The highest BCUT2D eigenvalue weighted by Crippen LogP contribution is 2.22. The summed E-state index contributed by atoms with van der Waals surface area (Å²) in [6, 6.07) is 13.4. The molecule has 136 valence electrons. The van der Waals surface area contributed by atoms with Crippen molar-refractivity contribution in [2.75, 3.05) is 6.54 Å². The van der Waals surface area contributed by atoms with Gasteiger partial charge in [0.05, 0.1) is 5.56 Å². The molecule has 2 aromatic carbocycles. The van der Waals surface area contributed by atoms with E-state index in [0.717, 1.165) is 12.0 Å². The van der Waals surface area contributed by atoms with Gasteiger partial charge in [-0.1, -0.05) is 30.3 Å². The van der Waals surface area contributed by atoms with Gasteiger partial charge in [-0.15, -0.1) is 0 Å². The van der Waals surface area contributed by atoms with Crippen molar-refractivity contribution in [2.45, 2.75) is 46.3 Å². The molecular weight excluding hydrogens is 326 g/mol. The molecule has 0 aliphatic carbocycles. The molecule has 0 aromatic heterocycles. The lowest BCUT2D eigenvalue weighted by Gasteiger charge is -2.29. The topological polar surface area (TPSA) is 46.6 Å². The Labute approximate surface area is 154 Å². The molecule has 1 amide bonds. The van der Waals surface area contributed by atoms with Crippen molar-refractivity contribution in [3.05, 3.63) is 70.3 Å². The average molecular weight is 351 g/mol. The number of carbonyl (C=O) groups is 2. The molecule has 0 atom stereocenters. The van der Waals surface area contributed by atoms with E-state index >= 15 is 0 Å². The summed E-state index contributed by atoms with van der Waals surface area (Å²) in [6.45, 7) is 8.67. The largest absolute Gasteiger partial charge is 0.456 e. The fourth-order valence-electron chi connectivity index (χ4n) is 3.16. The van der Waals surface area contributed by atoms with Gasteiger partial charge in [0.2, 0.25) is 0 Å². The van der Waals surface area contributed by atoms with Crippen LogP contribution in [0.5, 0.6) is 0 Å². The molecule has 0 saturated carbocycles. The van der Waals surface area contributed by atoms with Crippen molar-refractivity contribution in [1.82, 2.24) is 4.90 Å². The first-order chi connectivity index (χ1) is 12.2. The van der Waals surface area contributed by atoms with Crippen LogP contribution in [-0.4, -0.2) is 28.9 Å². The molecule has 3 rings (SSSR count). The highest BCUT2D eigenvalue weighted by molar-refractivity contribution is 5.99. The number of hydrogen-bond acceptors (Lipinski definition) is 3. The van der Waals surface area contributed by atoms with E-state index in [0.29, 0.717) is 24.2 Å². The summed E-state index contributed by atoms with van der Waals surface area (Å²) < 4.78 is 5.43. The quantitative estimate of drug-likeness (QED) is 0.764. The molecule has 2 aromatic rings. The van der Waals surface area contributed by atoms with Gasteiger partial charge in [0.15, 0.2) is 0 Å². The molecular formula is C22H25NO3. The summed E-state index contributed by atoms with van der Waals surface area (Å²) in [6.07, 6.45) is 0.854. The average Bonchev–Trinajstić information content (AvgIpc) is 2.59. The maximum Gasteiger partial charge on any atom is 0.338 e. The van der Waals surface area contributed by atoms with E-state index in [-0.39, 0.29) is 5.91 Å². The van der Waals surface area contributed by atoms with Gasteiger partial charge in [-0.25, -0.2) is 4.79 Å². The Morgan fingerprint density at radius 2 is 1.73 bits per heavy atom. The molecule has 0 radical (unpaired) electrons. The smallest absolute Gasteiger partial charge is 0.338 e. The second-order valence-corrected chi connectivity index (χ2v) is 7.78. The molecule has 1 heterocycles. The Bertz CT molecular complexity index is 849. The second kappa shape index (κ2) is 6.94. The van der Waals surface area contributed by atoms with Crippen molar-refractivity contribution >= 4 is 11.9 Å². The van der Waals surface area contributed by atoms with Gasteiger partial charge in [0.1, 0.15) is 5.60 Å². The standard InChI is InChI=1S/C22H25NO3/c1-15-9-10-17(21(25)26-22(2,3)4)13-19(15)20(24)23-12-11-16-7-5-6-8-18(16)14-23/h5-10,13H,11-12,14H2,1-4H3. The minimum atomic E-state index is -0.567. The Morgan fingerprint density at radius 1 is 1.04 bits per heavy atom. The lowest BCUT2D eigenvalue weighted by molar-refractivity contribution is 0.00695. The zero-order chi connectivity index (χ0) is 18.9. The number of amides is 1. The summed E-state index contributed by atoms with van der Waals surface area (Å²) >= 11 is 0. The number of hydrogen-bond donors (Lipinski definition) is 0. The van der Waals surface area contributed by atoms with Crippen molar-refractivity contribution in [1.29, 1.82) is 0 Å². The van der Waals surface area contributed by atoms with Crippen LogP contribution in [0, 0.1) is 6.92 Å². The zero-order valence-corrected chi connectivity index (χ0v) is 15.8. The third kappa shape index (κ3) is 3.96. The molecule has 26 heavy (non-hydrogen) atoms. The summed E-state index contributed by atoms with van der Waals surface area (Å²) in [5, 5.41) is 0. The lowest BCUT2D eigenvalue weighted by atomic mass is 9.98. The summed E-state index contributed by atoms with van der Waals surface area (Å²) in [7, 11) is 0. The van der Waals surface area contributed by atoms with Crippen LogP contribution in [0.2, 0.25) is 0 Å². The number of rotatable bonds is 2. The van der Waals surface area contributed by atoms with Crippen molar-refractivity contribution in [3.63, 3.8) is 0 Å². The highest BCUT2D eigenvalue weighted by Gasteiger charge is 2.24. The van der Waals surface area contributed by atoms with Gasteiger partial charge >= 0.3 is 5.97 Å². The Balaban J connectivity index is 1.84. The molecule has 4 nitrogen and oxygen atoms in total. The van der Waals surface area contributed by atoms with Gasteiger partial charge in [0.25, 0.3) is 5.91 Å². The van der Waals surface area contributed by atoms with Crippen LogP contribution >= 0.6 is 0 Å². The van der Waals surface area contributed by atoms with Crippen LogP contribution in [0.4, 0.5) is 0 Å². The Morgan fingerprint density at radius 3 is 2.42 bits per heavy atom. The number of fused-ring (bicyclic) bond motifs is 1. The van der Waals surface area contributed by atoms with Crippen LogP contribution in [0.25, 0.3) is 0 Å². The molecule has 0 spiro atoms. The maximum atomic E-state index is 13.1. The Kier molecular flexibility index (Phi) is 4.86. The van der Waals surface area contributed by atoms with E-state index in [4.69, 9.17) is 4.74 Å². The first kappa shape index (κ1) is 18.2. The van der Waals surface area contributed by atoms with E-state index in [9.17, 15) is 9.59 Å². The van der Waals surface area contributed by atoms with Gasteiger partial charge in [0, 0.05) is 18.7 Å². The minimum absolute atomic E-state index is 0.0394. The van der Waals surface area contributed by atoms with Crippen LogP contribution in [-0.2, 0) is 17.7 Å². The van der Waals surface area contributed by atoms with E-state index in [1.807, 2.05) is 50.8 Å². The van der Waals surface area contributed by atoms with Crippen molar-refractivity contribution in [3.8, 4) is 0 Å². The molecule has 0 bridgehead atoms. The lowest BCUT2D eigenvalue weighted by Crippen LogP contribution is -2.36. The van der Waals surface area contributed by atoms with Gasteiger partial charge < -0.3 is 9.64 Å². The third-order valence-corrected chi connectivity index (χ3v) is 4.52. The minimum Gasteiger partial charge on any atom is -0.456 e. The number of esters is 1. The van der Waals surface area contributed by atoms with Crippen LogP contribution in [0.15, 0.2) is 42.5 Å². The van der Waals surface area contributed by atoms with E-state index in [2.05, 4.69) is 12.1 Å². The molecule has 1 aliphatic rings. The maximum absolute atomic E-state index is 13.1. The summed E-state index contributed by atoms with van der Waals surface area (Å²) in [5.41, 5.74) is 3.76. The fourth-order valence-corrected chi connectivity index (χ4v) is 3.16. The van der Waals surface area contributed by atoms with Crippen LogP contribution in [0.3, 0.4) is 0 Å². The van der Waals surface area contributed by atoms with Gasteiger partial charge in [-0.05, 0) is 62.9 Å². The normalized spacial score (nSPS) is 13.9. The van der Waals surface area contributed by atoms with E-state index in [1.54, 1.807) is 12.1 Å². The summed E-state index contributed by atoms with van der Waals surface area (Å²) in [5.74, 6) is -0.446. The molecule has 4 heteroatoms. The zero-order valence-electron chi connectivity index (χ0n) is 15.8. The molecule has 1 aliphatic heterocycles. The predicted molar refractivity (Wildman–Crippen MR) is 101 cm³/mol.